The van der Waals surface area contributed by atoms with Gasteiger partial charge in [0, 0.05) is 25.0 Å². The fourth-order valence-corrected chi connectivity index (χ4v) is 4.13. The number of esters is 1. The molecule has 2 amide bonds. The van der Waals surface area contributed by atoms with E-state index in [0.29, 0.717) is 5.69 Å². The summed E-state index contributed by atoms with van der Waals surface area (Å²) in [6, 6.07) is 14.0. The summed E-state index contributed by atoms with van der Waals surface area (Å²) in [4.78, 5) is 45.0. The molecule has 4 N–H and O–H groups in total. The molecule has 1 atom stereocenters. The van der Waals surface area contributed by atoms with Gasteiger partial charge < -0.3 is 30.4 Å². The van der Waals surface area contributed by atoms with E-state index in [1.165, 1.54) is 5.56 Å². The van der Waals surface area contributed by atoms with Gasteiger partial charge in [0.2, 0.25) is 0 Å². The molecule has 1 aromatic carbocycles. The largest absolute Gasteiger partial charge is 0.464 e. The van der Waals surface area contributed by atoms with Gasteiger partial charge in [0.15, 0.2) is 0 Å². The molecule has 0 unspecified atom stereocenters. The van der Waals surface area contributed by atoms with Crippen LogP contribution >= 0.6 is 0 Å². The third kappa shape index (κ3) is 7.58. The number of hydrogen-bond acceptors (Lipinski definition) is 7. The van der Waals surface area contributed by atoms with Gasteiger partial charge in [-0.15, -0.1) is 0 Å². The Morgan fingerprint density at radius 1 is 1.05 bits per heavy atom. The van der Waals surface area contributed by atoms with Gasteiger partial charge in [0.1, 0.15) is 24.2 Å². The van der Waals surface area contributed by atoms with Crippen molar-refractivity contribution < 1.29 is 23.9 Å². The first-order valence-electron chi connectivity index (χ1n) is 12.8. The minimum Gasteiger partial charge on any atom is -0.464 e. The molecule has 38 heavy (non-hydrogen) atoms. The molecule has 3 aromatic rings. The van der Waals surface area contributed by atoms with E-state index < -0.39 is 24.0 Å². The molecule has 0 bridgehead atoms. The predicted molar refractivity (Wildman–Crippen MR) is 142 cm³/mol. The van der Waals surface area contributed by atoms with Gasteiger partial charge >= 0.3 is 12.1 Å². The minimum atomic E-state index is -1.10. The number of ether oxygens (including phenoxy) is 2. The summed E-state index contributed by atoms with van der Waals surface area (Å²) in [5.41, 5.74) is 4.38. The van der Waals surface area contributed by atoms with E-state index in [-0.39, 0.29) is 19.8 Å². The Morgan fingerprint density at radius 2 is 1.89 bits per heavy atom. The van der Waals surface area contributed by atoms with Crippen molar-refractivity contribution in [3.8, 4) is 0 Å². The number of pyridine rings is 1. The van der Waals surface area contributed by atoms with Crippen LogP contribution in [0.4, 0.5) is 10.6 Å². The molecule has 200 valence electrons. The minimum absolute atomic E-state index is 0.0529. The molecular formula is C28H33N5O5. The summed E-state index contributed by atoms with van der Waals surface area (Å²) in [6.07, 6.45) is 4.64. The number of aryl methyl sites for hydroxylation is 3. The van der Waals surface area contributed by atoms with Gasteiger partial charge in [0.05, 0.1) is 6.61 Å². The average Bonchev–Trinajstić information content (AvgIpc) is 3.42. The molecule has 1 aliphatic heterocycles. The van der Waals surface area contributed by atoms with Gasteiger partial charge in [-0.05, 0) is 61.4 Å². The molecule has 0 spiro atoms. The molecule has 10 nitrogen and oxygen atoms in total. The van der Waals surface area contributed by atoms with E-state index in [1.807, 2.05) is 30.3 Å². The number of nitrogens with one attached hydrogen (secondary N) is 4. The summed E-state index contributed by atoms with van der Waals surface area (Å²) >= 11 is 0. The maximum atomic E-state index is 12.7. The van der Waals surface area contributed by atoms with E-state index in [4.69, 9.17) is 14.5 Å². The molecule has 0 aliphatic carbocycles. The standard InChI is InChI=1S/C28H33N5O5/c1-2-37-27(35)24(33-28(36)38-18-19-7-4-3-5-8-19)17-31-26(34)23-15-20(16-30-23)10-12-22-13-11-21-9-6-14-29-25(21)32-22/h3-5,7-8,11,13,15-16,24,30H,2,6,9-10,12,14,17-18H2,1H3,(H,29,32)(H,31,34)(H,33,36)/t24-/m0/s1. The number of aromatic nitrogens is 2. The number of alkyl carbamates (subject to hydrolysis) is 1. The van der Waals surface area contributed by atoms with Crippen molar-refractivity contribution in [2.45, 2.75) is 45.3 Å². The zero-order chi connectivity index (χ0) is 26.7. The van der Waals surface area contributed by atoms with Gasteiger partial charge in [-0.25, -0.2) is 14.6 Å². The van der Waals surface area contributed by atoms with Crippen LogP contribution in [0.5, 0.6) is 0 Å². The first kappa shape index (κ1) is 26.7. The van der Waals surface area contributed by atoms with Crippen LogP contribution in [0.1, 0.15) is 46.2 Å². The van der Waals surface area contributed by atoms with Crippen LogP contribution in [-0.2, 0) is 40.1 Å². The second kappa shape index (κ2) is 13.3. The van der Waals surface area contributed by atoms with Gasteiger partial charge in [0.25, 0.3) is 5.91 Å². The Morgan fingerprint density at radius 3 is 2.71 bits per heavy atom. The molecule has 0 saturated carbocycles. The lowest BCUT2D eigenvalue weighted by Gasteiger charge is -2.17. The number of carbonyl (C=O) groups excluding carboxylic acids is 3. The zero-order valence-electron chi connectivity index (χ0n) is 21.4. The Labute approximate surface area is 221 Å². The monoisotopic (exact) mass is 519 g/mol. The third-order valence-corrected chi connectivity index (χ3v) is 6.15. The number of carbonyl (C=O) groups is 3. The van der Waals surface area contributed by atoms with Gasteiger partial charge in [-0.1, -0.05) is 36.4 Å². The average molecular weight is 520 g/mol. The van der Waals surface area contributed by atoms with Crippen molar-refractivity contribution in [1.29, 1.82) is 0 Å². The number of fused-ring (bicyclic) bond motifs is 1. The lowest BCUT2D eigenvalue weighted by Crippen LogP contribution is -2.49. The highest BCUT2D eigenvalue weighted by atomic mass is 16.6. The molecule has 0 fully saturated rings. The number of anilines is 1. The van der Waals surface area contributed by atoms with E-state index in [9.17, 15) is 14.4 Å². The van der Waals surface area contributed by atoms with Crippen molar-refractivity contribution in [2.24, 2.45) is 0 Å². The molecular weight excluding hydrogens is 486 g/mol. The second-order valence-electron chi connectivity index (χ2n) is 8.98. The van der Waals surface area contributed by atoms with Crippen molar-refractivity contribution in [1.82, 2.24) is 20.6 Å². The predicted octanol–water partition coefficient (Wildman–Crippen LogP) is 3.14. The number of amides is 2. The van der Waals surface area contributed by atoms with Crippen LogP contribution in [0, 0.1) is 0 Å². The van der Waals surface area contributed by atoms with E-state index in [2.05, 4.69) is 33.1 Å². The lowest BCUT2D eigenvalue weighted by atomic mass is 10.1. The fourth-order valence-electron chi connectivity index (χ4n) is 4.13. The van der Waals surface area contributed by atoms with Crippen molar-refractivity contribution in [3.63, 3.8) is 0 Å². The Bertz CT molecular complexity index is 1240. The zero-order valence-corrected chi connectivity index (χ0v) is 21.4. The van der Waals surface area contributed by atoms with Crippen molar-refractivity contribution in [3.05, 3.63) is 82.8 Å². The van der Waals surface area contributed by atoms with Crippen LogP contribution < -0.4 is 16.0 Å². The summed E-state index contributed by atoms with van der Waals surface area (Å²) in [5, 5.41) is 8.50. The normalized spacial score (nSPS) is 13.0. The van der Waals surface area contributed by atoms with Crippen LogP contribution in [-0.4, -0.2) is 53.7 Å². The summed E-state index contributed by atoms with van der Waals surface area (Å²) < 4.78 is 10.2. The molecule has 1 aliphatic rings. The number of hydrogen-bond donors (Lipinski definition) is 4. The molecule has 4 rings (SSSR count). The smallest absolute Gasteiger partial charge is 0.408 e. The van der Waals surface area contributed by atoms with Crippen LogP contribution in [0.25, 0.3) is 0 Å². The topological polar surface area (TPSA) is 134 Å². The number of aromatic amines is 1. The highest BCUT2D eigenvalue weighted by Gasteiger charge is 2.24. The summed E-state index contributed by atoms with van der Waals surface area (Å²) in [5.74, 6) is -0.0959. The van der Waals surface area contributed by atoms with E-state index in [1.54, 1.807) is 19.2 Å². The van der Waals surface area contributed by atoms with Crippen molar-refractivity contribution in [2.75, 3.05) is 25.0 Å². The lowest BCUT2D eigenvalue weighted by molar-refractivity contribution is -0.145. The molecule has 0 radical (unpaired) electrons. The van der Waals surface area contributed by atoms with Gasteiger partial charge in [-0.3, -0.25) is 4.79 Å². The van der Waals surface area contributed by atoms with E-state index in [0.717, 1.165) is 54.9 Å². The number of rotatable bonds is 11. The highest BCUT2D eigenvalue weighted by Crippen LogP contribution is 2.20. The SMILES string of the molecule is CCOC(=O)[C@H](CNC(=O)c1cc(CCc2ccc3c(n2)NCCC3)c[nH]1)NC(=O)OCc1ccccc1. The summed E-state index contributed by atoms with van der Waals surface area (Å²) in [6.45, 7) is 2.65. The van der Waals surface area contributed by atoms with Crippen LogP contribution in [0.2, 0.25) is 0 Å². The Balaban J connectivity index is 1.27. The van der Waals surface area contributed by atoms with Crippen LogP contribution in [0.3, 0.4) is 0 Å². The fraction of sp³-hybridized carbons (Fsp3) is 0.357. The highest BCUT2D eigenvalue weighted by molar-refractivity contribution is 5.93. The number of H-pyrrole nitrogens is 1. The second-order valence-corrected chi connectivity index (χ2v) is 8.98. The molecule has 3 heterocycles. The Hall–Kier alpha value is -4.34. The number of nitrogens with zero attached hydrogens (tertiary/aromatic N) is 1. The third-order valence-electron chi connectivity index (χ3n) is 6.15. The maximum absolute atomic E-state index is 12.7. The molecule has 0 saturated heterocycles. The van der Waals surface area contributed by atoms with Crippen LogP contribution in [0.15, 0.2) is 54.7 Å². The van der Waals surface area contributed by atoms with Gasteiger partial charge in [-0.2, -0.15) is 0 Å². The summed E-state index contributed by atoms with van der Waals surface area (Å²) in [7, 11) is 0. The first-order valence-corrected chi connectivity index (χ1v) is 12.8. The maximum Gasteiger partial charge on any atom is 0.408 e. The van der Waals surface area contributed by atoms with E-state index >= 15 is 0 Å². The quantitative estimate of drug-likeness (QED) is 0.286. The van der Waals surface area contributed by atoms with Crippen molar-refractivity contribution >= 4 is 23.8 Å². The number of benzene rings is 1. The first-order chi connectivity index (χ1) is 18.5. The molecule has 2 aromatic heterocycles. The Kier molecular flexibility index (Phi) is 9.33. The molecule has 10 heteroatoms.